The molecule has 2 unspecified atom stereocenters. The van der Waals surface area contributed by atoms with Gasteiger partial charge in [-0.2, -0.15) is 0 Å². The van der Waals surface area contributed by atoms with Crippen LogP contribution in [0.4, 0.5) is 0 Å². The Kier molecular flexibility index (Phi) is 3.19. The lowest BCUT2D eigenvalue weighted by molar-refractivity contribution is -0.00835. The van der Waals surface area contributed by atoms with Crippen molar-refractivity contribution in [3.63, 3.8) is 0 Å². The van der Waals surface area contributed by atoms with E-state index >= 15 is 0 Å². The van der Waals surface area contributed by atoms with Gasteiger partial charge in [-0.1, -0.05) is 6.92 Å². The number of ether oxygens (including phenoxy) is 2. The molecule has 13 heavy (non-hydrogen) atoms. The molecule has 0 bridgehead atoms. The van der Waals surface area contributed by atoms with Gasteiger partial charge in [0.1, 0.15) is 0 Å². The van der Waals surface area contributed by atoms with Crippen molar-refractivity contribution in [3.8, 4) is 0 Å². The monoisotopic (exact) mass is 185 g/mol. The molecule has 0 aromatic carbocycles. The van der Waals surface area contributed by atoms with Crippen molar-refractivity contribution in [1.82, 2.24) is 5.32 Å². The van der Waals surface area contributed by atoms with Crippen LogP contribution < -0.4 is 5.32 Å². The smallest absolute Gasteiger partial charge is 0.0643 e. The first-order chi connectivity index (χ1) is 6.40. The van der Waals surface area contributed by atoms with Crippen LogP contribution in [-0.2, 0) is 9.47 Å². The molecule has 3 nitrogen and oxygen atoms in total. The van der Waals surface area contributed by atoms with Gasteiger partial charge in [-0.15, -0.1) is 0 Å². The summed E-state index contributed by atoms with van der Waals surface area (Å²) in [6.07, 6.45) is 2.86. The number of rotatable bonds is 4. The van der Waals surface area contributed by atoms with Crippen molar-refractivity contribution >= 4 is 0 Å². The summed E-state index contributed by atoms with van der Waals surface area (Å²) in [5.41, 5.74) is 0. The minimum Gasteiger partial charge on any atom is -0.378 e. The predicted molar refractivity (Wildman–Crippen MR) is 50.7 cm³/mol. The molecular formula is C10H19NO2. The van der Waals surface area contributed by atoms with Crippen molar-refractivity contribution in [2.24, 2.45) is 5.92 Å². The van der Waals surface area contributed by atoms with Crippen LogP contribution in [0.15, 0.2) is 0 Å². The van der Waals surface area contributed by atoms with Crippen LogP contribution in [-0.4, -0.2) is 38.5 Å². The Morgan fingerprint density at radius 1 is 1.38 bits per heavy atom. The minimum absolute atomic E-state index is 0.494. The van der Waals surface area contributed by atoms with E-state index in [9.17, 15) is 0 Å². The summed E-state index contributed by atoms with van der Waals surface area (Å²) in [5, 5.41) is 3.52. The van der Waals surface area contributed by atoms with E-state index in [4.69, 9.17) is 9.47 Å². The highest BCUT2D eigenvalue weighted by Crippen LogP contribution is 2.22. The van der Waals surface area contributed by atoms with Crippen molar-refractivity contribution < 1.29 is 9.47 Å². The van der Waals surface area contributed by atoms with Gasteiger partial charge in [0.2, 0.25) is 0 Å². The fourth-order valence-electron chi connectivity index (χ4n) is 2.05. The van der Waals surface area contributed by atoms with Crippen LogP contribution in [0.1, 0.15) is 19.8 Å². The third kappa shape index (κ3) is 2.22. The summed E-state index contributed by atoms with van der Waals surface area (Å²) < 4.78 is 10.7. The molecule has 2 fully saturated rings. The second-order valence-electron chi connectivity index (χ2n) is 4.01. The Bertz CT molecular complexity index is 159. The van der Waals surface area contributed by atoms with E-state index in [1.165, 1.54) is 6.42 Å². The van der Waals surface area contributed by atoms with E-state index in [0.29, 0.717) is 12.1 Å². The molecule has 0 aromatic rings. The lowest BCUT2D eigenvalue weighted by atomic mass is 9.99. The second-order valence-corrected chi connectivity index (χ2v) is 4.01. The molecule has 0 saturated carbocycles. The van der Waals surface area contributed by atoms with Crippen LogP contribution in [0.25, 0.3) is 0 Å². The van der Waals surface area contributed by atoms with Gasteiger partial charge in [0.25, 0.3) is 0 Å². The Morgan fingerprint density at radius 3 is 2.85 bits per heavy atom. The van der Waals surface area contributed by atoms with Crippen LogP contribution >= 0.6 is 0 Å². The Morgan fingerprint density at radius 2 is 2.23 bits per heavy atom. The number of nitrogens with one attached hydrogen (secondary N) is 1. The Hall–Kier alpha value is -0.120. The molecule has 76 valence electrons. The fourth-order valence-corrected chi connectivity index (χ4v) is 2.05. The molecule has 2 aliphatic heterocycles. The molecule has 1 N–H and O–H groups in total. The summed E-state index contributed by atoms with van der Waals surface area (Å²) in [6.45, 7) is 6.04. The molecule has 2 heterocycles. The molecule has 2 atom stereocenters. The summed E-state index contributed by atoms with van der Waals surface area (Å²) in [7, 11) is 0. The van der Waals surface area contributed by atoms with Gasteiger partial charge in [0, 0.05) is 13.2 Å². The first-order valence-electron chi connectivity index (χ1n) is 5.33. The molecule has 2 aliphatic rings. The Balaban J connectivity index is 1.67. The van der Waals surface area contributed by atoms with Gasteiger partial charge in [0.05, 0.1) is 25.4 Å². The summed E-state index contributed by atoms with van der Waals surface area (Å²) in [4.78, 5) is 0. The quantitative estimate of drug-likeness (QED) is 0.702. The zero-order valence-electron chi connectivity index (χ0n) is 8.29. The predicted octanol–water partition coefficient (Wildman–Crippen LogP) is 0.790. The largest absolute Gasteiger partial charge is 0.378 e. The van der Waals surface area contributed by atoms with E-state index in [1.807, 2.05) is 0 Å². The summed E-state index contributed by atoms with van der Waals surface area (Å²) in [5.74, 6) is 0.727. The summed E-state index contributed by atoms with van der Waals surface area (Å²) >= 11 is 0. The molecular weight excluding hydrogens is 166 g/mol. The average molecular weight is 185 g/mol. The molecule has 3 heteroatoms. The highest BCUT2D eigenvalue weighted by atomic mass is 16.5. The minimum atomic E-state index is 0.494. The van der Waals surface area contributed by atoms with Crippen LogP contribution in [0.5, 0.6) is 0 Å². The maximum Gasteiger partial charge on any atom is 0.0643 e. The zero-order valence-corrected chi connectivity index (χ0v) is 8.29. The standard InChI is InChI=1S/C10H19NO2/c1-2-10-8(3-4-13-10)5-11-9-6-12-7-9/h8-11H,2-7H2,1H3. The van der Waals surface area contributed by atoms with Crippen LogP contribution in [0.2, 0.25) is 0 Å². The first-order valence-corrected chi connectivity index (χ1v) is 5.33. The van der Waals surface area contributed by atoms with E-state index in [-0.39, 0.29) is 0 Å². The van der Waals surface area contributed by atoms with Gasteiger partial charge in [-0.05, 0) is 18.8 Å². The fraction of sp³-hybridized carbons (Fsp3) is 1.00. The van der Waals surface area contributed by atoms with E-state index in [2.05, 4.69) is 12.2 Å². The van der Waals surface area contributed by atoms with E-state index < -0.39 is 0 Å². The average Bonchev–Trinajstić information content (AvgIpc) is 2.49. The topological polar surface area (TPSA) is 30.5 Å². The Labute approximate surface area is 79.8 Å². The zero-order chi connectivity index (χ0) is 9.10. The van der Waals surface area contributed by atoms with E-state index in [1.54, 1.807) is 0 Å². The molecule has 0 spiro atoms. The number of hydrogen-bond donors (Lipinski definition) is 1. The van der Waals surface area contributed by atoms with E-state index in [0.717, 1.165) is 38.7 Å². The third-order valence-corrected chi connectivity index (χ3v) is 3.06. The molecule has 2 saturated heterocycles. The van der Waals surface area contributed by atoms with Gasteiger partial charge < -0.3 is 14.8 Å². The molecule has 2 rings (SSSR count). The van der Waals surface area contributed by atoms with Crippen molar-refractivity contribution in [3.05, 3.63) is 0 Å². The SMILES string of the molecule is CCC1OCCC1CNC1COC1. The lowest BCUT2D eigenvalue weighted by Gasteiger charge is -2.29. The van der Waals surface area contributed by atoms with Crippen molar-refractivity contribution in [2.45, 2.75) is 31.9 Å². The molecule has 0 aliphatic carbocycles. The second kappa shape index (κ2) is 4.40. The van der Waals surface area contributed by atoms with Gasteiger partial charge in [0.15, 0.2) is 0 Å². The summed E-state index contributed by atoms with van der Waals surface area (Å²) in [6, 6.07) is 0.609. The maximum absolute atomic E-state index is 5.63. The molecule has 0 radical (unpaired) electrons. The third-order valence-electron chi connectivity index (χ3n) is 3.06. The van der Waals surface area contributed by atoms with Crippen LogP contribution in [0.3, 0.4) is 0 Å². The van der Waals surface area contributed by atoms with Gasteiger partial charge >= 0.3 is 0 Å². The highest BCUT2D eigenvalue weighted by molar-refractivity contribution is 4.80. The van der Waals surface area contributed by atoms with Gasteiger partial charge in [-0.25, -0.2) is 0 Å². The van der Waals surface area contributed by atoms with Crippen molar-refractivity contribution in [1.29, 1.82) is 0 Å². The van der Waals surface area contributed by atoms with Gasteiger partial charge in [-0.3, -0.25) is 0 Å². The molecule has 0 amide bonds. The van der Waals surface area contributed by atoms with Crippen molar-refractivity contribution in [2.75, 3.05) is 26.4 Å². The van der Waals surface area contributed by atoms with Crippen LogP contribution in [0, 0.1) is 5.92 Å². The number of hydrogen-bond acceptors (Lipinski definition) is 3. The highest BCUT2D eigenvalue weighted by Gasteiger charge is 2.28. The lowest BCUT2D eigenvalue weighted by Crippen LogP contribution is -2.48. The first kappa shape index (κ1) is 9.44. The normalized spacial score (nSPS) is 34.8. The maximum atomic E-state index is 5.63. The molecule has 0 aromatic heterocycles.